The number of halogens is 1. The minimum atomic E-state index is -2.11. The molecule has 1 heterocycles. The maximum atomic E-state index is 13.0. The van der Waals surface area contributed by atoms with E-state index < -0.39 is 23.9 Å². The van der Waals surface area contributed by atoms with Gasteiger partial charge in [0.05, 0.1) is 24.4 Å². The van der Waals surface area contributed by atoms with Crippen LogP contribution >= 0.6 is 15.9 Å². The monoisotopic (exact) mass is 445 g/mol. The van der Waals surface area contributed by atoms with Crippen LogP contribution in [0, 0.1) is 6.92 Å². The molecule has 0 aromatic heterocycles. The summed E-state index contributed by atoms with van der Waals surface area (Å²) in [6.45, 7) is 1.96. The molecule has 7 heteroatoms. The van der Waals surface area contributed by atoms with Crippen LogP contribution in [0.2, 0.25) is 0 Å². The molecule has 1 N–H and O–H groups in total. The molecule has 2 aromatic rings. The summed E-state index contributed by atoms with van der Waals surface area (Å²) in [6.07, 6.45) is -0.515. The minimum Gasteiger partial charge on any atom is -0.497 e. The third-order valence-electron chi connectivity index (χ3n) is 4.64. The number of aliphatic hydroxyl groups is 1. The van der Waals surface area contributed by atoms with E-state index in [1.807, 2.05) is 31.2 Å². The number of carbonyl (C=O) groups excluding carboxylic acids is 2. The van der Waals surface area contributed by atoms with Crippen LogP contribution in [-0.4, -0.2) is 36.8 Å². The van der Waals surface area contributed by atoms with Gasteiger partial charge in [-0.15, -0.1) is 0 Å². The summed E-state index contributed by atoms with van der Waals surface area (Å²) < 4.78 is 10.1. The first-order chi connectivity index (χ1) is 13.3. The number of aryl methyl sites for hydroxylation is 1. The molecule has 0 radical (unpaired) electrons. The molecule has 28 heavy (non-hydrogen) atoms. The molecule has 0 amide bonds. The number of methoxy groups -OCH3 is 2. The number of nitrogens with zero attached hydrogens (tertiary/aromatic N) is 1. The Kier molecular flexibility index (Phi) is 5.58. The molecule has 0 fully saturated rings. The van der Waals surface area contributed by atoms with Crippen LogP contribution in [0.1, 0.15) is 17.5 Å². The lowest BCUT2D eigenvalue weighted by Gasteiger charge is -2.35. The Balaban J connectivity index is 2.18. The van der Waals surface area contributed by atoms with Crippen molar-refractivity contribution in [2.75, 3.05) is 19.1 Å². The zero-order valence-corrected chi connectivity index (χ0v) is 17.3. The number of ether oxygens (including phenoxy) is 2. The maximum absolute atomic E-state index is 13.0. The minimum absolute atomic E-state index is 0.193. The summed E-state index contributed by atoms with van der Waals surface area (Å²) in [7, 11) is 2.77. The average molecular weight is 446 g/mol. The molecule has 1 unspecified atom stereocenters. The third-order valence-corrected chi connectivity index (χ3v) is 5.37. The van der Waals surface area contributed by atoms with Crippen molar-refractivity contribution in [1.29, 1.82) is 0 Å². The molecule has 0 saturated heterocycles. The van der Waals surface area contributed by atoms with Gasteiger partial charge in [-0.3, -0.25) is 9.59 Å². The summed E-state index contributed by atoms with van der Waals surface area (Å²) in [5, 5.41) is 11.3. The van der Waals surface area contributed by atoms with Gasteiger partial charge in [-0.25, -0.2) is 0 Å². The van der Waals surface area contributed by atoms with E-state index in [0.29, 0.717) is 17.1 Å². The molecule has 1 aliphatic rings. The summed E-state index contributed by atoms with van der Waals surface area (Å²) in [5.74, 6) is -0.671. The predicted molar refractivity (Wildman–Crippen MR) is 109 cm³/mol. The van der Waals surface area contributed by atoms with Gasteiger partial charge in [-0.2, -0.15) is 0 Å². The van der Waals surface area contributed by atoms with Crippen LogP contribution < -0.4 is 9.64 Å². The van der Waals surface area contributed by atoms with Gasteiger partial charge >= 0.3 is 5.97 Å². The van der Waals surface area contributed by atoms with Crippen LogP contribution in [0.5, 0.6) is 5.75 Å². The second-order valence-corrected chi connectivity index (χ2v) is 7.25. The van der Waals surface area contributed by atoms with E-state index in [4.69, 9.17) is 9.47 Å². The fourth-order valence-corrected chi connectivity index (χ4v) is 3.87. The Morgan fingerprint density at radius 2 is 1.71 bits per heavy atom. The van der Waals surface area contributed by atoms with Crippen LogP contribution in [0.4, 0.5) is 5.69 Å². The van der Waals surface area contributed by atoms with E-state index in [2.05, 4.69) is 15.9 Å². The van der Waals surface area contributed by atoms with Crippen molar-refractivity contribution < 1.29 is 24.2 Å². The third kappa shape index (κ3) is 3.43. The Morgan fingerprint density at radius 1 is 1.11 bits per heavy atom. The Bertz CT molecular complexity index is 936. The van der Waals surface area contributed by atoms with Crippen molar-refractivity contribution in [3.63, 3.8) is 0 Å². The molecule has 0 aliphatic carbocycles. The van der Waals surface area contributed by atoms with Crippen LogP contribution in [0.25, 0.3) is 5.70 Å². The van der Waals surface area contributed by atoms with E-state index in [1.165, 1.54) is 12.0 Å². The summed E-state index contributed by atoms with van der Waals surface area (Å²) in [5.41, 5.74) is 0.681. The number of Topliss-reactive ketones (excluding diaryl/α,β-unsaturated/α-hetero) is 1. The molecular weight excluding hydrogens is 426 g/mol. The zero-order valence-electron chi connectivity index (χ0n) is 15.7. The molecule has 0 saturated carbocycles. The van der Waals surface area contributed by atoms with Crippen LogP contribution in [-0.2, 0) is 14.3 Å². The average Bonchev–Trinajstić information content (AvgIpc) is 2.89. The van der Waals surface area contributed by atoms with Crippen molar-refractivity contribution in [3.05, 3.63) is 64.1 Å². The van der Waals surface area contributed by atoms with Gasteiger partial charge in [0.25, 0.3) is 0 Å². The number of hydrogen-bond donors (Lipinski definition) is 1. The lowest BCUT2D eigenvalue weighted by molar-refractivity contribution is -0.150. The van der Waals surface area contributed by atoms with E-state index >= 15 is 0 Å². The number of hydrogen-bond acceptors (Lipinski definition) is 6. The van der Waals surface area contributed by atoms with E-state index in [1.54, 1.807) is 31.4 Å². The van der Waals surface area contributed by atoms with Gasteiger partial charge in [0, 0.05) is 5.69 Å². The lowest BCUT2D eigenvalue weighted by atomic mass is 10.0. The molecule has 146 valence electrons. The fourth-order valence-electron chi connectivity index (χ4n) is 3.14. The number of carbonyl (C=O) groups is 2. The molecule has 1 atom stereocenters. The van der Waals surface area contributed by atoms with Crippen LogP contribution in [0.3, 0.4) is 0 Å². The van der Waals surface area contributed by atoms with Crippen molar-refractivity contribution in [2.45, 2.75) is 19.1 Å². The number of benzene rings is 2. The second kappa shape index (κ2) is 7.77. The highest BCUT2D eigenvalue weighted by molar-refractivity contribution is 9.12. The summed E-state index contributed by atoms with van der Waals surface area (Å²) in [6, 6.07) is 14.4. The highest BCUT2D eigenvalue weighted by atomic mass is 79.9. The van der Waals surface area contributed by atoms with E-state index in [0.717, 1.165) is 11.1 Å². The van der Waals surface area contributed by atoms with E-state index in [9.17, 15) is 14.7 Å². The Morgan fingerprint density at radius 3 is 2.25 bits per heavy atom. The quantitative estimate of drug-likeness (QED) is 0.710. The number of ketones is 1. The molecule has 2 aromatic carbocycles. The van der Waals surface area contributed by atoms with Crippen LogP contribution in [0.15, 0.2) is 53.0 Å². The van der Waals surface area contributed by atoms with Crippen molar-refractivity contribution in [2.24, 2.45) is 0 Å². The molecule has 6 nitrogen and oxygen atoms in total. The lowest BCUT2D eigenvalue weighted by Crippen LogP contribution is -2.51. The molecular formula is C21H20BrNO5. The zero-order chi connectivity index (χ0) is 20.5. The Hall–Kier alpha value is -2.64. The van der Waals surface area contributed by atoms with Crippen molar-refractivity contribution in [3.8, 4) is 5.75 Å². The number of anilines is 1. The number of esters is 1. The van der Waals surface area contributed by atoms with Crippen molar-refractivity contribution in [1.82, 2.24) is 0 Å². The highest BCUT2D eigenvalue weighted by Gasteiger charge is 2.53. The first-order valence-corrected chi connectivity index (χ1v) is 9.36. The molecule has 0 bridgehead atoms. The Labute approximate surface area is 171 Å². The van der Waals surface area contributed by atoms with Crippen molar-refractivity contribution >= 4 is 39.1 Å². The second-order valence-electron chi connectivity index (χ2n) is 6.46. The predicted octanol–water partition coefficient (Wildman–Crippen LogP) is 3.41. The van der Waals surface area contributed by atoms with Gasteiger partial charge in [0.1, 0.15) is 12.2 Å². The van der Waals surface area contributed by atoms with Gasteiger partial charge in [-0.1, -0.05) is 29.8 Å². The highest BCUT2D eigenvalue weighted by Crippen LogP contribution is 2.46. The van der Waals surface area contributed by atoms with Gasteiger partial charge in [-0.05, 0) is 52.7 Å². The standard InChI is InChI=1S/C21H20BrNO5/c1-13-4-6-14(7-5-13)19-18(22)20(25)21(26,12-17(24)28-3)23(19)15-8-10-16(27-2)11-9-15/h4-11,26H,12H2,1-3H3. The summed E-state index contributed by atoms with van der Waals surface area (Å²) in [4.78, 5) is 26.4. The van der Waals surface area contributed by atoms with E-state index in [-0.39, 0.29) is 4.48 Å². The largest absolute Gasteiger partial charge is 0.497 e. The molecule has 3 rings (SSSR count). The topological polar surface area (TPSA) is 76.1 Å². The smallest absolute Gasteiger partial charge is 0.310 e. The van der Waals surface area contributed by atoms with Gasteiger partial charge < -0.3 is 19.5 Å². The first kappa shape index (κ1) is 20.1. The number of rotatable bonds is 5. The normalized spacial score (nSPS) is 19.2. The first-order valence-electron chi connectivity index (χ1n) is 8.57. The molecule has 0 spiro atoms. The summed E-state index contributed by atoms with van der Waals surface area (Å²) >= 11 is 3.33. The van der Waals surface area contributed by atoms with Gasteiger partial charge in [0.2, 0.25) is 11.5 Å². The fraction of sp³-hybridized carbons (Fsp3) is 0.238. The molecule has 1 aliphatic heterocycles. The maximum Gasteiger partial charge on any atom is 0.310 e. The SMILES string of the molecule is COC(=O)CC1(O)C(=O)C(Br)=C(c2ccc(C)cc2)N1c1ccc(OC)cc1. The van der Waals surface area contributed by atoms with Gasteiger partial charge in [0.15, 0.2) is 0 Å².